The summed E-state index contributed by atoms with van der Waals surface area (Å²) in [6, 6.07) is 8.40. The van der Waals surface area contributed by atoms with Crippen molar-refractivity contribution in [1.82, 2.24) is 24.9 Å². The molecule has 2 saturated heterocycles. The molecule has 2 aromatic rings. The second-order valence-electron chi connectivity index (χ2n) is 9.46. The van der Waals surface area contributed by atoms with Gasteiger partial charge in [-0.15, -0.1) is 0 Å². The summed E-state index contributed by atoms with van der Waals surface area (Å²) in [5.41, 5.74) is 7.76. The molecule has 0 radical (unpaired) electrons. The van der Waals surface area contributed by atoms with E-state index in [4.69, 9.17) is 21.8 Å². The third-order valence-corrected chi connectivity index (χ3v) is 18.6. The van der Waals surface area contributed by atoms with Crippen LogP contribution in [0.3, 0.4) is 0 Å². The van der Waals surface area contributed by atoms with Gasteiger partial charge in [0, 0.05) is 10.6 Å². The standard InChI is InChI=1S/C26H32ClI2N6O2/c1-3-20-16-34(23-9-8-22(29-28-17(23)2)24-31-32-26(30)37-24)14-15-35(20)21-10-12-33(13-11-21)25(36)18-4-6-19(27)7-5-18/h4-9,20-21H,3,10-16H2,1-2H3,(H2,30,32)/q-1/t20-/m0/s1. The van der Waals surface area contributed by atoms with Gasteiger partial charge in [0.15, 0.2) is 0 Å². The number of likely N-dealkylation sites (tertiary alicyclic amines) is 1. The van der Waals surface area contributed by atoms with Crippen LogP contribution in [0.1, 0.15) is 49.4 Å². The van der Waals surface area contributed by atoms with Crippen molar-refractivity contribution in [1.29, 1.82) is 0 Å². The Hall–Kier alpha value is -1.51. The first-order valence-corrected chi connectivity index (χ1v) is 21.4. The minimum atomic E-state index is -0.144. The van der Waals surface area contributed by atoms with Crippen molar-refractivity contribution in [2.24, 2.45) is 0 Å². The molecule has 37 heavy (non-hydrogen) atoms. The number of allylic oxidation sites excluding steroid dienone is 3. The van der Waals surface area contributed by atoms with Crippen LogP contribution in [0.5, 0.6) is 0 Å². The van der Waals surface area contributed by atoms with Crippen molar-refractivity contribution in [3.05, 3.63) is 58.6 Å². The average Bonchev–Trinajstić information content (AvgIpc) is 3.26. The molecule has 1 atom stereocenters. The molecule has 0 aliphatic carbocycles. The third kappa shape index (κ3) is 6.22. The van der Waals surface area contributed by atoms with Crippen molar-refractivity contribution in [2.45, 2.75) is 45.2 Å². The zero-order chi connectivity index (χ0) is 25.9. The molecule has 8 nitrogen and oxygen atoms in total. The number of hydrogen-bond acceptors (Lipinski definition) is 7. The van der Waals surface area contributed by atoms with Gasteiger partial charge in [-0.2, -0.15) is 0 Å². The van der Waals surface area contributed by atoms with E-state index in [-0.39, 0.29) is 45.9 Å². The quantitative estimate of drug-likeness (QED) is 0.463. The number of anilines is 1. The first kappa shape index (κ1) is 27.1. The number of aromatic nitrogens is 2. The van der Waals surface area contributed by atoms with Crippen LogP contribution in [0, 0.1) is 0 Å². The van der Waals surface area contributed by atoms with Crippen molar-refractivity contribution >= 4 is 47.4 Å². The summed E-state index contributed by atoms with van der Waals surface area (Å²) in [5.74, 6) is 0.701. The van der Waals surface area contributed by atoms with E-state index in [0.29, 0.717) is 23.0 Å². The molecular formula is C26H32ClI2N6O2-. The predicted molar refractivity (Wildman–Crippen MR) is 152 cm³/mol. The molecule has 200 valence electrons. The fraction of sp³-hybridized carbons (Fsp3) is 0.462. The van der Waals surface area contributed by atoms with Gasteiger partial charge in [-0.3, -0.25) is 4.79 Å². The van der Waals surface area contributed by atoms with Crippen molar-refractivity contribution in [3.8, 4) is 0 Å². The maximum atomic E-state index is 12.9. The number of hydrogen-bond donors (Lipinski definition) is 1. The summed E-state index contributed by atoms with van der Waals surface area (Å²) in [7, 11) is 0. The van der Waals surface area contributed by atoms with E-state index < -0.39 is 0 Å². The number of halogens is 3. The van der Waals surface area contributed by atoms with Gasteiger partial charge in [-0.05, 0) is 24.3 Å². The summed E-state index contributed by atoms with van der Waals surface area (Å²) < 4.78 is 8.24. The number of carbonyl (C=O) groups excluding carboxylic acids is 1. The van der Waals surface area contributed by atoms with Crippen LogP contribution in [-0.4, -0.2) is 79.1 Å². The molecule has 3 aliphatic rings. The van der Waals surface area contributed by atoms with Crippen molar-refractivity contribution in [3.63, 3.8) is 0 Å². The number of nitrogen functional groups attached to an aromatic ring is 1. The SMILES string of the molecule is CC[C@H]1CN(C2=CC=C(c3nnc(N)o3)[I-]I=C2C)CCN1C1CCN(C(=O)c2ccc(Cl)cc2)CC1. The van der Waals surface area contributed by atoms with Crippen LogP contribution in [0.25, 0.3) is 3.58 Å². The molecule has 11 heteroatoms. The van der Waals surface area contributed by atoms with Crippen LogP contribution < -0.4 is 23.0 Å². The van der Waals surface area contributed by atoms with Crippen molar-refractivity contribution < 1.29 is 26.4 Å². The molecule has 0 spiro atoms. The summed E-state index contributed by atoms with van der Waals surface area (Å²) in [4.78, 5) is 20.2. The van der Waals surface area contributed by atoms with Gasteiger partial charge in [0.25, 0.3) is 0 Å². The monoisotopic (exact) mass is 749 g/mol. The van der Waals surface area contributed by atoms with E-state index in [9.17, 15) is 4.79 Å². The summed E-state index contributed by atoms with van der Waals surface area (Å²) in [6.45, 7) is 9.35. The van der Waals surface area contributed by atoms with Crippen LogP contribution in [0.2, 0.25) is 5.02 Å². The van der Waals surface area contributed by atoms with Gasteiger partial charge in [0.05, 0.1) is 0 Å². The Morgan fingerprint density at radius 2 is 1.92 bits per heavy atom. The number of benzene rings is 1. The maximum absolute atomic E-state index is 12.9. The molecule has 3 aliphatic heterocycles. The fourth-order valence-corrected chi connectivity index (χ4v) is 14.4. The molecule has 0 unspecified atom stereocenters. The molecule has 4 heterocycles. The number of carbonyl (C=O) groups is 1. The number of amides is 1. The molecule has 1 aromatic heterocycles. The van der Waals surface area contributed by atoms with E-state index in [1.165, 1.54) is 9.28 Å². The van der Waals surface area contributed by atoms with E-state index in [2.05, 4.69) is 46.0 Å². The first-order valence-electron chi connectivity index (χ1n) is 12.6. The van der Waals surface area contributed by atoms with Gasteiger partial charge in [-0.1, -0.05) is 11.6 Å². The molecule has 0 bridgehead atoms. The fourth-order valence-electron chi connectivity index (χ4n) is 5.28. The van der Waals surface area contributed by atoms with Gasteiger partial charge in [0.1, 0.15) is 0 Å². The van der Waals surface area contributed by atoms with E-state index in [1.54, 1.807) is 15.6 Å². The van der Waals surface area contributed by atoms with Crippen molar-refractivity contribution in [2.75, 3.05) is 38.5 Å². The predicted octanol–water partition coefficient (Wildman–Crippen LogP) is 1.41. The molecular weight excluding hydrogens is 718 g/mol. The van der Waals surface area contributed by atoms with Gasteiger partial charge >= 0.3 is 190 Å². The van der Waals surface area contributed by atoms with Crippen LogP contribution in [0.4, 0.5) is 6.01 Å². The Labute approximate surface area is 239 Å². The number of nitrogens with two attached hydrogens (primary N) is 1. The first-order chi connectivity index (χ1) is 17.9. The molecule has 5 rings (SSSR count). The van der Waals surface area contributed by atoms with E-state index in [0.717, 1.165) is 57.5 Å². The number of nitrogens with zero attached hydrogens (tertiary/aromatic N) is 5. The van der Waals surface area contributed by atoms with Gasteiger partial charge in [-0.25, -0.2) is 0 Å². The Morgan fingerprint density at radius 1 is 1.16 bits per heavy atom. The molecule has 2 fully saturated rings. The molecule has 1 aromatic carbocycles. The third-order valence-electron chi connectivity index (χ3n) is 7.26. The van der Waals surface area contributed by atoms with Gasteiger partial charge < -0.3 is 0 Å². The minimum absolute atomic E-state index is 0.0544. The Balaban J connectivity index is 1.21. The van der Waals surface area contributed by atoms with Crippen LogP contribution >= 0.6 is 28.4 Å². The average molecular weight is 750 g/mol. The summed E-state index contributed by atoms with van der Waals surface area (Å²) in [5, 5.41) is 8.61. The molecule has 1 amide bonds. The van der Waals surface area contributed by atoms with E-state index >= 15 is 0 Å². The Kier molecular flexibility index (Phi) is 8.87. The molecule has 0 saturated carbocycles. The van der Waals surface area contributed by atoms with Gasteiger partial charge in [0.2, 0.25) is 0 Å². The van der Waals surface area contributed by atoms with Crippen LogP contribution in [-0.2, 0) is 0 Å². The second-order valence-corrected chi connectivity index (χ2v) is 19.0. The Bertz CT molecular complexity index is 1220. The number of piperidine rings is 1. The van der Waals surface area contributed by atoms with Crippen LogP contribution in [0.15, 0.2) is 46.5 Å². The summed E-state index contributed by atoms with van der Waals surface area (Å²) >= 11 is 5.79. The number of piperazine rings is 1. The van der Waals surface area contributed by atoms with E-state index in [1.807, 2.05) is 17.0 Å². The second kappa shape index (κ2) is 12.1. The Morgan fingerprint density at radius 3 is 2.59 bits per heavy atom. The normalized spacial score (nSPS) is 22.2. The zero-order valence-corrected chi connectivity index (χ0v) is 26.1. The summed E-state index contributed by atoms with van der Waals surface area (Å²) in [6.07, 6.45) is 7.63. The molecule has 2 N–H and O–H groups in total. The topological polar surface area (TPSA) is 91.7 Å². The number of rotatable bonds is 5. The zero-order valence-electron chi connectivity index (χ0n) is 21.0.